The molecule has 2 aromatic rings. The number of aromatic nitrogens is 2. The van der Waals surface area contributed by atoms with Crippen molar-refractivity contribution in [2.24, 2.45) is 5.92 Å². The molecule has 164 valence electrons. The summed E-state index contributed by atoms with van der Waals surface area (Å²) >= 11 is 1.53. The molecule has 30 heavy (non-hydrogen) atoms. The van der Waals surface area contributed by atoms with Crippen LogP contribution in [0.5, 0.6) is 0 Å². The standard InChI is InChI=1S/C22H33N5O2S/c1-17-14-21(29)25-22(24-17)23-10-3-2-6-18-7-5-11-27(16-18)20-9-4-8-19(15-20)26-30-13-12-28/h4,8-9,14-15,18,26,28H,2-3,5-7,10-13,16H2,1H3,(H2,23,24,25,29). The van der Waals surface area contributed by atoms with Gasteiger partial charge >= 0.3 is 0 Å². The van der Waals surface area contributed by atoms with E-state index in [1.807, 2.05) is 6.92 Å². The summed E-state index contributed by atoms with van der Waals surface area (Å²) in [5.41, 5.74) is 2.97. The molecule has 1 saturated heterocycles. The Morgan fingerprint density at radius 2 is 2.23 bits per heavy atom. The summed E-state index contributed by atoms with van der Waals surface area (Å²) in [5.74, 6) is 1.96. The molecule has 0 aliphatic carbocycles. The summed E-state index contributed by atoms with van der Waals surface area (Å²) in [6.07, 6.45) is 5.98. The Balaban J connectivity index is 1.40. The third-order valence-electron chi connectivity index (χ3n) is 5.31. The molecule has 4 N–H and O–H groups in total. The number of unbranched alkanes of at least 4 members (excludes halogenated alkanes) is 1. The summed E-state index contributed by atoms with van der Waals surface area (Å²) in [7, 11) is 0. The van der Waals surface area contributed by atoms with Crippen molar-refractivity contribution >= 4 is 29.3 Å². The average molecular weight is 432 g/mol. The molecule has 1 unspecified atom stereocenters. The van der Waals surface area contributed by atoms with Crippen molar-refractivity contribution in [2.45, 2.75) is 39.0 Å². The van der Waals surface area contributed by atoms with Gasteiger partial charge in [0.25, 0.3) is 5.56 Å². The largest absolute Gasteiger partial charge is 0.395 e. The highest BCUT2D eigenvalue weighted by Crippen LogP contribution is 2.28. The lowest BCUT2D eigenvalue weighted by atomic mass is 9.92. The zero-order valence-corrected chi connectivity index (χ0v) is 18.5. The number of benzene rings is 1. The van der Waals surface area contributed by atoms with Gasteiger partial charge < -0.3 is 20.0 Å². The third-order valence-corrected chi connectivity index (χ3v) is 6.08. The highest BCUT2D eigenvalue weighted by Gasteiger charge is 2.20. The van der Waals surface area contributed by atoms with Gasteiger partial charge in [0.2, 0.25) is 5.95 Å². The molecule has 1 fully saturated rings. The molecule has 1 aliphatic rings. The Morgan fingerprint density at radius 1 is 1.33 bits per heavy atom. The molecule has 1 atom stereocenters. The molecule has 8 heteroatoms. The van der Waals surface area contributed by atoms with Gasteiger partial charge in [0.1, 0.15) is 0 Å². The van der Waals surface area contributed by atoms with E-state index in [1.165, 1.54) is 49.4 Å². The first-order valence-corrected chi connectivity index (χ1v) is 11.8. The minimum atomic E-state index is -0.112. The maximum Gasteiger partial charge on any atom is 0.252 e. The van der Waals surface area contributed by atoms with E-state index in [2.05, 4.69) is 49.2 Å². The molecule has 0 saturated carbocycles. The highest BCUT2D eigenvalue weighted by molar-refractivity contribution is 8.00. The normalized spacial score (nSPS) is 16.5. The van der Waals surface area contributed by atoms with Gasteiger partial charge in [0.05, 0.1) is 6.61 Å². The molecule has 1 aromatic heterocycles. The molecular formula is C22H33N5O2S. The van der Waals surface area contributed by atoms with Crippen LogP contribution in [0, 0.1) is 12.8 Å². The van der Waals surface area contributed by atoms with Gasteiger partial charge in [-0.25, -0.2) is 4.98 Å². The summed E-state index contributed by atoms with van der Waals surface area (Å²) in [4.78, 5) is 21.0. The predicted octanol–water partition coefficient (Wildman–Crippen LogP) is 3.63. The van der Waals surface area contributed by atoms with Crippen LogP contribution in [0.3, 0.4) is 0 Å². The molecule has 2 heterocycles. The fourth-order valence-corrected chi connectivity index (χ4v) is 4.40. The molecule has 1 aromatic carbocycles. The fourth-order valence-electron chi connectivity index (χ4n) is 3.91. The molecule has 0 amide bonds. The summed E-state index contributed by atoms with van der Waals surface area (Å²) in [6, 6.07) is 10.0. The van der Waals surface area contributed by atoms with Crippen LogP contribution in [-0.4, -0.2) is 47.1 Å². The van der Waals surface area contributed by atoms with Crippen LogP contribution in [0.2, 0.25) is 0 Å². The van der Waals surface area contributed by atoms with Gasteiger partial charge in [-0.2, -0.15) is 0 Å². The maximum atomic E-state index is 11.5. The van der Waals surface area contributed by atoms with Gasteiger partial charge in [-0.15, -0.1) is 0 Å². The summed E-state index contributed by atoms with van der Waals surface area (Å²) in [6.45, 7) is 5.04. The quantitative estimate of drug-likeness (QED) is 0.319. The van der Waals surface area contributed by atoms with Gasteiger partial charge in [0, 0.05) is 48.5 Å². The Morgan fingerprint density at radius 3 is 3.07 bits per heavy atom. The summed E-state index contributed by atoms with van der Waals surface area (Å²) < 4.78 is 3.30. The number of aryl methyl sites for hydroxylation is 1. The molecule has 3 rings (SSSR count). The first-order chi connectivity index (χ1) is 14.6. The van der Waals surface area contributed by atoms with Crippen molar-refractivity contribution in [3.63, 3.8) is 0 Å². The molecule has 0 radical (unpaired) electrons. The average Bonchev–Trinajstić information content (AvgIpc) is 2.73. The number of anilines is 3. The van der Waals surface area contributed by atoms with Crippen molar-refractivity contribution in [1.29, 1.82) is 0 Å². The van der Waals surface area contributed by atoms with Crippen molar-refractivity contribution in [2.75, 3.05) is 46.9 Å². The van der Waals surface area contributed by atoms with Crippen LogP contribution < -0.4 is 20.5 Å². The van der Waals surface area contributed by atoms with Crippen molar-refractivity contribution < 1.29 is 5.11 Å². The second-order valence-electron chi connectivity index (χ2n) is 7.84. The minimum Gasteiger partial charge on any atom is -0.395 e. The second-order valence-corrected chi connectivity index (χ2v) is 8.74. The number of aliphatic hydroxyl groups is 1. The molecular weight excluding hydrogens is 398 g/mol. The van der Waals surface area contributed by atoms with Gasteiger partial charge in [-0.1, -0.05) is 24.4 Å². The van der Waals surface area contributed by atoms with E-state index < -0.39 is 0 Å². The van der Waals surface area contributed by atoms with Crippen LogP contribution in [0.15, 0.2) is 35.1 Å². The highest BCUT2D eigenvalue weighted by atomic mass is 32.2. The van der Waals surface area contributed by atoms with E-state index in [0.29, 0.717) is 11.7 Å². The zero-order valence-electron chi connectivity index (χ0n) is 17.7. The SMILES string of the molecule is Cc1cc(=O)[nH]c(NCCCCC2CCCN(c3cccc(NSCCO)c3)C2)n1. The molecule has 0 bridgehead atoms. The van der Waals surface area contributed by atoms with E-state index in [-0.39, 0.29) is 12.2 Å². The lowest BCUT2D eigenvalue weighted by Gasteiger charge is -2.34. The van der Waals surface area contributed by atoms with Crippen LogP contribution in [0.4, 0.5) is 17.3 Å². The van der Waals surface area contributed by atoms with Crippen LogP contribution in [-0.2, 0) is 0 Å². The second kappa shape index (κ2) is 11.9. The first-order valence-electron chi connectivity index (χ1n) is 10.8. The minimum absolute atomic E-state index is 0.112. The van der Waals surface area contributed by atoms with E-state index in [0.717, 1.165) is 43.4 Å². The van der Waals surface area contributed by atoms with E-state index in [4.69, 9.17) is 5.11 Å². The Labute approximate surface area is 182 Å². The van der Waals surface area contributed by atoms with Crippen LogP contribution in [0.25, 0.3) is 0 Å². The smallest absolute Gasteiger partial charge is 0.252 e. The monoisotopic (exact) mass is 431 g/mol. The number of rotatable bonds is 11. The van der Waals surface area contributed by atoms with Crippen molar-refractivity contribution in [3.8, 4) is 0 Å². The Bertz CT molecular complexity index is 844. The summed E-state index contributed by atoms with van der Waals surface area (Å²) in [5, 5.41) is 12.2. The number of aromatic amines is 1. The lowest BCUT2D eigenvalue weighted by Crippen LogP contribution is -2.35. The number of hydrogen-bond acceptors (Lipinski definition) is 7. The number of piperidine rings is 1. The molecule has 0 spiro atoms. The predicted molar refractivity (Wildman–Crippen MR) is 126 cm³/mol. The van der Waals surface area contributed by atoms with E-state index in [9.17, 15) is 4.79 Å². The number of nitrogens with one attached hydrogen (secondary N) is 3. The van der Waals surface area contributed by atoms with Crippen molar-refractivity contribution in [1.82, 2.24) is 9.97 Å². The number of hydrogen-bond donors (Lipinski definition) is 4. The lowest BCUT2D eigenvalue weighted by molar-refractivity contribution is 0.322. The Hall–Kier alpha value is -2.19. The van der Waals surface area contributed by atoms with E-state index in [1.54, 1.807) is 0 Å². The molecule has 7 nitrogen and oxygen atoms in total. The van der Waals surface area contributed by atoms with E-state index >= 15 is 0 Å². The first kappa shape index (κ1) is 22.5. The number of aliphatic hydroxyl groups excluding tert-OH is 1. The van der Waals surface area contributed by atoms with Crippen LogP contribution >= 0.6 is 11.9 Å². The number of H-pyrrole nitrogens is 1. The van der Waals surface area contributed by atoms with Gasteiger partial charge in [-0.3, -0.25) is 9.78 Å². The topological polar surface area (TPSA) is 93.3 Å². The zero-order chi connectivity index (χ0) is 21.2. The fraction of sp³-hybridized carbons (Fsp3) is 0.545. The molecule has 1 aliphatic heterocycles. The number of nitrogens with zero attached hydrogens (tertiary/aromatic N) is 2. The van der Waals surface area contributed by atoms with Crippen molar-refractivity contribution in [3.05, 3.63) is 46.4 Å². The van der Waals surface area contributed by atoms with Crippen LogP contribution in [0.1, 0.15) is 37.8 Å². The third kappa shape index (κ3) is 7.25. The van der Waals surface area contributed by atoms with Gasteiger partial charge in [-0.05, 0) is 56.7 Å². The van der Waals surface area contributed by atoms with Gasteiger partial charge in [0.15, 0.2) is 0 Å². The maximum absolute atomic E-state index is 11.5. The Kier molecular flexibility index (Phi) is 8.89.